The van der Waals surface area contributed by atoms with E-state index < -0.39 is 0 Å². The number of rotatable bonds is 5. The number of amides is 2. The van der Waals surface area contributed by atoms with Crippen molar-refractivity contribution in [3.8, 4) is 11.4 Å². The maximum atomic E-state index is 12.6. The minimum Gasteiger partial charge on any atom is -0.342 e. The number of para-hydroxylation sites is 1. The summed E-state index contributed by atoms with van der Waals surface area (Å²) >= 11 is 6.00. The second-order valence-electron chi connectivity index (χ2n) is 7.93. The molecule has 2 aromatic carbocycles. The number of anilines is 1. The van der Waals surface area contributed by atoms with E-state index in [4.69, 9.17) is 16.6 Å². The zero-order chi connectivity index (χ0) is 21.8. The van der Waals surface area contributed by atoms with Crippen molar-refractivity contribution in [3.05, 3.63) is 71.0 Å². The van der Waals surface area contributed by atoms with E-state index >= 15 is 0 Å². The fourth-order valence-corrected chi connectivity index (χ4v) is 4.27. The predicted molar refractivity (Wildman–Crippen MR) is 125 cm³/mol. The number of imidazole rings is 1. The summed E-state index contributed by atoms with van der Waals surface area (Å²) in [7, 11) is 1.69. The van der Waals surface area contributed by atoms with E-state index in [0.29, 0.717) is 0 Å². The molecule has 0 aliphatic carbocycles. The van der Waals surface area contributed by atoms with Crippen LogP contribution in [0.15, 0.2) is 54.6 Å². The number of hydrogen-bond donors (Lipinski definition) is 2. The number of aromatic nitrogens is 2. The molecule has 0 spiro atoms. The van der Waals surface area contributed by atoms with Crippen LogP contribution in [0.3, 0.4) is 0 Å². The van der Waals surface area contributed by atoms with Gasteiger partial charge in [-0.2, -0.15) is 0 Å². The summed E-state index contributed by atoms with van der Waals surface area (Å²) in [5.41, 5.74) is 4.12. The lowest BCUT2D eigenvalue weighted by Gasteiger charge is -2.38. The molecule has 31 heavy (non-hydrogen) atoms. The standard InChI is InChI=1S/C24H28ClN5O/c1-17-22(28-23(27-17)18-8-10-19(25)11-9-18)16-29-14-12-21(13-15-29)30(24(31)26-2)20-6-4-3-5-7-20/h3-11,21H,12-16H2,1-2H3,(H,26,31)(H,27,28). The predicted octanol–water partition coefficient (Wildman–Crippen LogP) is 4.85. The van der Waals surface area contributed by atoms with Crippen LogP contribution in [0.5, 0.6) is 0 Å². The van der Waals surface area contributed by atoms with E-state index in [1.807, 2.05) is 59.5 Å². The average molecular weight is 438 g/mol. The lowest BCUT2D eigenvalue weighted by molar-refractivity contribution is 0.196. The maximum Gasteiger partial charge on any atom is 0.321 e. The summed E-state index contributed by atoms with van der Waals surface area (Å²) in [5.74, 6) is 0.869. The summed E-state index contributed by atoms with van der Waals surface area (Å²) in [4.78, 5) is 25.1. The summed E-state index contributed by atoms with van der Waals surface area (Å²) in [6.45, 7) is 4.71. The van der Waals surface area contributed by atoms with Crippen molar-refractivity contribution < 1.29 is 4.79 Å². The summed E-state index contributed by atoms with van der Waals surface area (Å²) in [6.07, 6.45) is 1.85. The number of hydrogen-bond acceptors (Lipinski definition) is 3. The van der Waals surface area contributed by atoms with Gasteiger partial charge in [0.2, 0.25) is 0 Å². The van der Waals surface area contributed by atoms with Gasteiger partial charge in [0.05, 0.1) is 5.69 Å². The van der Waals surface area contributed by atoms with E-state index in [1.165, 1.54) is 0 Å². The number of halogens is 1. The number of likely N-dealkylation sites (tertiary alicyclic amines) is 1. The third-order valence-corrected chi connectivity index (χ3v) is 6.12. The van der Waals surface area contributed by atoms with Crippen LogP contribution in [0.1, 0.15) is 24.2 Å². The Hall–Kier alpha value is -2.83. The van der Waals surface area contributed by atoms with E-state index in [2.05, 4.69) is 22.1 Å². The molecular weight excluding hydrogens is 410 g/mol. The molecule has 2 N–H and O–H groups in total. The van der Waals surface area contributed by atoms with Gasteiger partial charge in [0, 0.05) is 54.7 Å². The maximum absolute atomic E-state index is 12.6. The average Bonchev–Trinajstić information content (AvgIpc) is 3.16. The van der Waals surface area contributed by atoms with Gasteiger partial charge in [0.15, 0.2) is 0 Å². The van der Waals surface area contributed by atoms with Crippen LogP contribution in [0.4, 0.5) is 10.5 Å². The van der Waals surface area contributed by atoms with Gasteiger partial charge in [0.25, 0.3) is 0 Å². The fourth-order valence-electron chi connectivity index (χ4n) is 4.15. The van der Waals surface area contributed by atoms with Gasteiger partial charge < -0.3 is 10.3 Å². The molecule has 2 heterocycles. The SMILES string of the molecule is CNC(=O)N(c1ccccc1)C1CCN(Cc2nc(-c3ccc(Cl)cc3)[nH]c2C)CC1. The van der Waals surface area contributed by atoms with Gasteiger partial charge in [-0.15, -0.1) is 0 Å². The highest BCUT2D eigenvalue weighted by molar-refractivity contribution is 6.30. The number of carbonyl (C=O) groups excluding carboxylic acids is 1. The topological polar surface area (TPSA) is 64.3 Å². The molecule has 4 rings (SSSR count). The largest absolute Gasteiger partial charge is 0.342 e. The molecule has 2 amide bonds. The highest BCUT2D eigenvalue weighted by Gasteiger charge is 2.29. The molecule has 162 valence electrons. The van der Waals surface area contributed by atoms with Crippen molar-refractivity contribution in [1.29, 1.82) is 0 Å². The first-order valence-corrected chi connectivity index (χ1v) is 11.0. The zero-order valence-electron chi connectivity index (χ0n) is 17.9. The number of urea groups is 1. The molecular formula is C24H28ClN5O. The molecule has 1 aliphatic rings. The monoisotopic (exact) mass is 437 g/mol. The highest BCUT2D eigenvalue weighted by Crippen LogP contribution is 2.26. The normalized spacial score (nSPS) is 15.1. The minimum absolute atomic E-state index is 0.0552. The lowest BCUT2D eigenvalue weighted by atomic mass is 10.0. The Balaban J connectivity index is 1.41. The van der Waals surface area contributed by atoms with Gasteiger partial charge in [-0.3, -0.25) is 9.80 Å². The number of piperidine rings is 1. The van der Waals surface area contributed by atoms with Gasteiger partial charge in [-0.05, 0) is 56.2 Å². The molecule has 7 heteroatoms. The van der Waals surface area contributed by atoms with Crippen LogP contribution in [-0.2, 0) is 6.54 Å². The van der Waals surface area contributed by atoms with E-state index in [9.17, 15) is 4.79 Å². The van der Waals surface area contributed by atoms with Gasteiger partial charge in [-0.25, -0.2) is 9.78 Å². The number of nitrogens with one attached hydrogen (secondary N) is 2. The molecule has 1 fully saturated rings. The van der Waals surface area contributed by atoms with E-state index in [0.717, 1.165) is 66.0 Å². The second-order valence-corrected chi connectivity index (χ2v) is 8.37. The number of benzene rings is 2. The Bertz CT molecular complexity index is 1010. The van der Waals surface area contributed by atoms with Gasteiger partial charge in [0.1, 0.15) is 5.82 Å². The fraction of sp³-hybridized carbons (Fsp3) is 0.333. The molecule has 0 unspecified atom stereocenters. The molecule has 1 saturated heterocycles. The molecule has 0 atom stereocenters. The minimum atomic E-state index is -0.0552. The Morgan fingerprint density at radius 3 is 2.48 bits per heavy atom. The Morgan fingerprint density at radius 1 is 1.16 bits per heavy atom. The molecule has 0 radical (unpaired) electrons. The summed E-state index contributed by atoms with van der Waals surface area (Å²) < 4.78 is 0. The molecule has 3 aromatic rings. The third kappa shape index (κ3) is 4.92. The first-order chi connectivity index (χ1) is 15.0. The number of nitrogens with zero attached hydrogens (tertiary/aromatic N) is 3. The van der Waals surface area contributed by atoms with Gasteiger partial charge in [-0.1, -0.05) is 29.8 Å². The number of aryl methyl sites for hydroxylation is 1. The van der Waals surface area contributed by atoms with Crippen molar-refractivity contribution >= 4 is 23.3 Å². The molecule has 1 aromatic heterocycles. The second kappa shape index (κ2) is 9.54. The van der Waals surface area contributed by atoms with Crippen LogP contribution >= 0.6 is 11.6 Å². The molecule has 6 nitrogen and oxygen atoms in total. The quantitative estimate of drug-likeness (QED) is 0.599. The van der Waals surface area contributed by atoms with Crippen LogP contribution in [0.25, 0.3) is 11.4 Å². The number of aromatic amines is 1. The van der Waals surface area contributed by atoms with Crippen molar-refractivity contribution in [2.75, 3.05) is 25.0 Å². The Labute approximate surface area is 188 Å². The van der Waals surface area contributed by atoms with E-state index in [-0.39, 0.29) is 12.1 Å². The summed E-state index contributed by atoms with van der Waals surface area (Å²) in [5, 5.41) is 3.51. The van der Waals surface area contributed by atoms with Crippen LogP contribution < -0.4 is 10.2 Å². The van der Waals surface area contributed by atoms with Crippen molar-refractivity contribution in [3.63, 3.8) is 0 Å². The van der Waals surface area contributed by atoms with Gasteiger partial charge >= 0.3 is 6.03 Å². The third-order valence-electron chi connectivity index (χ3n) is 5.87. The highest BCUT2D eigenvalue weighted by atomic mass is 35.5. The molecule has 1 aliphatic heterocycles. The Morgan fingerprint density at radius 2 is 1.84 bits per heavy atom. The molecule has 0 saturated carbocycles. The summed E-state index contributed by atoms with van der Waals surface area (Å²) in [6, 6.07) is 17.7. The van der Waals surface area contributed by atoms with Crippen LogP contribution in [0, 0.1) is 6.92 Å². The zero-order valence-corrected chi connectivity index (χ0v) is 18.7. The van der Waals surface area contributed by atoms with Crippen molar-refractivity contribution in [1.82, 2.24) is 20.2 Å². The lowest BCUT2D eigenvalue weighted by Crippen LogP contribution is -2.50. The van der Waals surface area contributed by atoms with E-state index in [1.54, 1.807) is 7.05 Å². The smallest absolute Gasteiger partial charge is 0.321 e. The van der Waals surface area contributed by atoms with Crippen LogP contribution in [0.2, 0.25) is 5.02 Å². The molecule has 0 bridgehead atoms. The number of H-pyrrole nitrogens is 1. The van der Waals surface area contributed by atoms with Crippen LogP contribution in [-0.4, -0.2) is 47.1 Å². The first kappa shape index (κ1) is 21.4. The Kier molecular flexibility index (Phi) is 6.59. The number of carbonyl (C=O) groups is 1. The van der Waals surface area contributed by atoms with Crippen molar-refractivity contribution in [2.45, 2.75) is 32.4 Å². The first-order valence-electron chi connectivity index (χ1n) is 10.6. The van der Waals surface area contributed by atoms with Crippen molar-refractivity contribution in [2.24, 2.45) is 0 Å².